The molecule has 0 bridgehead atoms. The van der Waals surface area contributed by atoms with Gasteiger partial charge in [0, 0.05) is 0 Å². The fourth-order valence-corrected chi connectivity index (χ4v) is 2.81. The first-order valence-electron chi connectivity index (χ1n) is 9.41. The molecule has 0 fully saturated rings. The third kappa shape index (κ3) is 9.39. The number of hydrazine groups is 1. The second kappa shape index (κ2) is 13.1. The second-order valence-electron chi connectivity index (χ2n) is 6.28. The number of ether oxygens (including phenoxy) is 2. The minimum Gasteiger partial charge on any atom is -0.484 e. The summed E-state index contributed by atoms with van der Waals surface area (Å²) in [7, 11) is 0. The van der Waals surface area contributed by atoms with E-state index in [0.29, 0.717) is 23.7 Å². The number of hydrogen-bond acceptors (Lipinski definition) is 6. The van der Waals surface area contributed by atoms with E-state index in [4.69, 9.17) is 9.47 Å². The third-order valence-electron chi connectivity index (χ3n) is 3.88. The monoisotopic (exact) mass is 449 g/mol. The Kier molecular flexibility index (Phi) is 10.2. The van der Waals surface area contributed by atoms with Crippen LogP contribution in [0.15, 0.2) is 54.6 Å². The molecule has 1 unspecified atom stereocenters. The molecule has 0 aromatic heterocycles. The van der Waals surface area contributed by atoms with Gasteiger partial charge in [-0.1, -0.05) is 18.2 Å². The fraction of sp³-hybridized carbons (Fsp3) is 0.286. The van der Waals surface area contributed by atoms with Crippen LogP contribution in [0.1, 0.15) is 6.42 Å². The van der Waals surface area contributed by atoms with Gasteiger partial charge in [-0.05, 0) is 54.8 Å². The van der Waals surface area contributed by atoms with Crippen molar-refractivity contribution in [3.05, 3.63) is 60.4 Å². The molecule has 0 aliphatic rings. The second-order valence-corrected chi connectivity index (χ2v) is 7.27. The predicted octanol–water partition coefficient (Wildman–Crippen LogP) is 1.67. The molecule has 10 heteroatoms. The first kappa shape index (κ1) is 24.0. The number of rotatable bonds is 11. The lowest BCUT2D eigenvalue weighted by Crippen LogP contribution is -2.53. The van der Waals surface area contributed by atoms with Crippen molar-refractivity contribution in [3.63, 3.8) is 0 Å². The molecule has 8 nitrogen and oxygen atoms in total. The summed E-state index contributed by atoms with van der Waals surface area (Å²) in [5, 5.41) is 2.60. The molecule has 0 heterocycles. The number of halogens is 1. The van der Waals surface area contributed by atoms with E-state index < -0.39 is 29.6 Å². The van der Waals surface area contributed by atoms with Crippen LogP contribution in [0.3, 0.4) is 0 Å². The quantitative estimate of drug-likeness (QED) is 0.451. The highest BCUT2D eigenvalue weighted by molar-refractivity contribution is 7.98. The van der Waals surface area contributed by atoms with Crippen molar-refractivity contribution in [1.29, 1.82) is 0 Å². The first-order chi connectivity index (χ1) is 15.0. The average Bonchev–Trinajstić information content (AvgIpc) is 2.79. The summed E-state index contributed by atoms with van der Waals surface area (Å²) in [6, 6.07) is 13.1. The van der Waals surface area contributed by atoms with Crippen LogP contribution in [0.4, 0.5) is 4.39 Å². The molecule has 31 heavy (non-hydrogen) atoms. The maximum absolute atomic E-state index is 12.9. The number of carbonyl (C=O) groups excluding carboxylic acids is 3. The molecule has 0 aliphatic carbocycles. The Bertz CT molecular complexity index is 852. The van der Waals surface area contributed by atoms with Gasteiger partial charge in [-0.3, -0.25) is 25.2 Å². The highest BCUT2D eigenvalue weighted by Gasteiger charge is 2.21. The van der Waals surface area contributed by atoms with Crippen LogP contribution in [0.5, 0.6) is 11.5 Å². The van der Waals surface area contributed by atoms with E-state index in [0.717, 1.165) is 0 Å². The van der Waals surface area contributed by atoms with Gasteiger partial charge >= 0.3 is 0 Å². The zero-order valence-electron chi connectivity index (χ0n) is 16.9. The molecule has 0 radical (unpaired) electrons. The van der Waals surface area contributed by atoms with Gasteiger partial charge in [0.1, 0.15) is 23.4 Å². The van der Waals surface area contributed by atoms with E-state index >= 15 is 0 Å². The lowest BCUT2D eigenvalue weighted by molar-refractivity contribution is -0.133. The van der Waals surface area contributed by atoms with Gasteiger partial charge < -0.3 is 14.8 Å². The average molecular weight is 450 g/mol. The Morgan fingerprint density at radius 3 is 2.16 bits per heavy atom. The third-order valence-corrected chi connectivity index (χ3v) is 4.53. The number of hydrogen-bond donors (Lipinski definition) is 3. The summed E-state index contributed by atoms with van der Waals surface area (Å²) >= 11 is 1.52. The molecule has 0 spiro atoms. The van der Waals surface area contributed by atoms with Crippen molar-refractivity contribution in [3.8, 4) is 11.5 Å². The van der Waals surface area contributed by atoms with Gasteiger partial charge in [0.25, 0.3) is 17.7 Å². The Labute approximate surface area is 183 Å². The van der Waals surface area contributed by atoms with Crippen LogP contribution in [-0.4, -0.2) is 49.0 Å². The Morgan fingerprint density at radius 1 is 0.903 bits per heavy atom. The van der Waals surface area contributed by atoms with Gasteiger partial charge in [-0.2, -0.15) is 11.8 Å². The zero-order chi connectivity index (χ0) is 22.5. The van der Waals surface area contributed by atoms with Crippen LogP contribution in [0.2, 0.25) is 0 Å². The van der Waals surface area contributed by atoms with Crippen LogP contribution in [0.25, 0.3) is 0 Å². The smallest absolute Gasteiger partial charge is 0.276 e. The first-order valence-corrected chi connectivity index (χ1v) is 10.8. The Balaban J connectivity index is 1.77. The maximum Gasteiger partial charge on any atom is 0.276 e. The lowest BCUT2D eigenvalue weighted by atomic mass is 10.2. The van der Waals surface area contributed by atoms with Gasteiger partial charge in [0.2, 0.25) is 0 Å². The molecule has 0 saturated carbocycles. The summed E-state index contributed by atoms with van der Waals surface area (Å²) in [6.45, 7) is -0.621. The van der Waals surface area contributed by atoms with E-state index in [1.54, 1.807) is 24.3 Å². The summed E-state index contributed by atoms with van der Waals surface area (Å²) in [5.41, 5.74) is 4.50. The molecule has 0 saturated heterocycles. The topological polar surface area (TPSA) is 106 Å². The normalized spacial score (nSPS) is 11.2. The highest BCUT2D eigenvalue weighted by Crippen LogP contribution is 2.10. The van der Waals surface area contributed by atoms with Crippen molar-refractivity contribution < 1.29 is 28.2 Å². The lowest BCUT2D eigenvalue weighted by Gasteiger charge is -2.18. The van der Waals surface area contributed by atoms with Crippen LogP contribution in [0, 0.1) is 5.82 Å². The Morgan fingerprint density at radius 2 is 1.52 bits per heavy atom. The molecule has 2 aromatic rings. The van der Waals surface area contributed by atoms with Gasteiger partial charge in [-0.25, -0.2) is 4.39 Å². The van der Waals surface area contributed by atoms with Crippen LogP contribution in [-0.2, 0) is 14.4 Å². The molecule has 1 atom stereocenters. The summed E-state index contributed by atoms with van der Waals surface area (Å²) in [5.74, 6) is -0.591. The van der Waals surface area contributed by atoms with E-state index in [1.807, 2.05) is 12.3 Å². The molecular formula is C21H24FN3O5S. The number of amides is 3. The molecule has 2 aromatic carbocycles. The molecular weight excluding hydrogens is 425 g/mol. The fourth-order valence-electron chi connectivity index (χ4n) is 2.34. The Hall–Kier alpha value is -3.27. The minimum absolute atomic E-state index is 0.245. The largest absolute Gasteiger partial charge is 0.484 e. The molecule has 3 N–H and O–H groups in total. The molecule has 2 rings (SSSR count). The van der Waals surface area contributed by atoms with Gasteiger partial charge in [0.15, 0.2) is 13.2 Å². The maximum atomic E-state index is 12.9. The highest BCUT2D eigenvalue weighted by atomic mass is 32.2. The van der Waals surface area contributed by atoms with Crippen molar-refractivity contribution in [1.82, 2.24) is 16.2 Å². The summed E-state index contributed by atoms with van der Waals surface area (Å²) in [4.78, 5) is 36.4. The van der Waals surface area contributed by atoms with Crippen LogP contribution < -0.4 is 25.6 Å². The van der Waals surface area contributed by atoms with E-state index in [1.165, 1.54) is 36.0 Å². The van der Waals surface area contributed by atoms with Crippen molar-refractivity contribution in [2.75, 3.05) is 25.2 Å². The van der Waals surface area contributed by atoms with Crippen molar-refractivity contribution >= 4 is 29.5 Å². The number of thioether (sulfide) groups is 1. The molecule has 166 valence electrons. The van der Waals surface area contributed by atoms with Crippen LogP contribution >= 0.6 is 11.8 Å². The van der Waals surface area contributed by atoms with E-state index in [-0.39, 0.29) is 13.2 Å². The number of carbonyl (C=O) groups is 3. The minimum atomic E-state index is -0.849. The van der Waals surface area contributed by atoms with Crippen molar-refractivity contribution in [2.24, 2.45) is 0 Å². The van der Waals surface area contributed by atoms with Gasteiger partial charge in [0.05, 0.1) is 0 Å². The van der Waals surface area contributed by atoms with E-state index in [2.05, 4.69) is 16.2 Å². The van der Waals surface area contributed by atoms with E-state index in [9.17, 15) is 18.8 Å². The number of benzene rings is 2. The molecule has 0 aliphatic heterocycles. The van der Waals surface area contributed by atoms with Crippen molar-refractivity contribution in [2.45, 2.75) is 12.5 Å². The zero-order valence-corrected chi connectivity index (χ0v) is 17.7. The number of nitrogens with one attached hydrogen (secondary N) is 3. The summed E-state index contributed by atoms with van der Waals surface area (Å²) < 4.78 is 23.4. The number of para-hydroxylation sites is 1. The standard InChI is InChI=1S/C21H24FN3O5S/c1-31-12-11-18(23-19(26)13-29-16-5-3-2-4-6-16)21(28)25-24-20(27)14-30-17-9-7-15(22)8-10-17/h2-10,18H,11-14H2,1H3,(H,23,26)(H,24,27)(H,25,28). The molecule has 3 amide bonds. The summed E-state index contributed by atoms with van der Waals surface area (Å²) in [6.07, 6.45) is 2.25. The predicted molar refractivity (Wildman–Crippen MR) is 115 cm³/mol. The van der Waals surface area contributed by atoms with Gasteiger partial charge in [-0.15, -0.1) is 0 Å². The SMILES string of the molecule is CSCCC(NC(=O)COc1ccccc1)C(=O)NNC(=O)COc1ccc(F)cc1.